The van der Waals surface area contributed by atoms with Gasteiger partial charge in [-0.3, -0.25) is 9.48 Å². The molecule has 33 heavy (non-hydrogen) atoms. The fourth-order valence-electron chi connectivity index (χ4n) is 3.26. The highest BCUT2D eigenvalue weighted by molar-refractivity contribution is 5.93. The minimum Gasteiger partial charge on any atom is -0.487 e. The molecular weight excluding hydrogens is 418 g/mol. The Labute approximate surface area is 191 Å². The third kappa shape index (κ3) is 6.64. The maximum atomic E-state index is 11.1. The van der Waals surface area contributed by atoms with Gasteiger partial charge in [0.2, 0.25) is 11.8 Å². The molecule has 0 aliphatic heterocycles. The predicted octanol–water partition coefficient (Wildman–Crippen LogP) is 4.14. The van der Waals surface area contributed by atoms with E-state index in [1.165, 1.54) is 5.56 Å². The molecule has 0 fully saturated rings. The average molecular weight is 444 g/mol. The molecule has 0 spiro atoms. The Hall–Kier alpha value is -4.20. The van der Waals surface area contributed by atoms with Crippen LogP contribution in [0.4, 0.5) is 0 Å². The lowest BCUT2D eigenvalue weighted by molar-refractivity contribution is 0.100. The monoisotopic (exact) mass is 443 g/mol. The maximum Gasteiger partial charge on any atom is 0.248 e. The number of nitrogens with zero attached hydrogens (tertiary/aromatic N) is 4. The number of rotatable bonds is 11. The Morgan fingerprint density at radius 3 is 2.61 bits per heavy atom. The smallest absolute Gasteiger partial charge is 0.248 e. The molecule has 0 atom stereocenters. The van der Waals surface area contributed by atoms with Crippen LogP contribution in [-0.2, 0) is 19.6 Å². The molecule has 2 aromatic carbocycles. The van der Waals surface area contributed by atoms with E-state index in [0.29, 0.717) is 23.8 Å². The Kier molecular flexibility index (Phi) is 7.27. The first-order valence-electron chi connectivity index (χ1n) is 10.7. The summed E-state index contributed by atoms with van der Waals surface area (Å²) < 4.78 is 13.2. The van der Waals surface area contributed by atoms with Crippen LogP contribution in [0.25, 0.3) is 12.2 Å². The summed E-state index contributed by atoms with van der Waals surface area (Å²) in [5, 5.41) is 7.78. The molecule has 2 heterocycles. The number of ether oxygens (including phenoxy) is 1. The van der Waals surface area contributed by atoms with Crippen molar-refractivity contribution in [3.8, 4) is 5.75 Å². The van der Waals surface area contributed by atoms with Crippen molar-refractivity contribution in [1.82, 2.24) is 20.0 Å². The second-order valence-electron chi connectivity index (χ2n) is 7.55. The molecule has 2 N–H and O–H groups in total. The minimum atomic E-state index is -0.447. The van der Waals surface area contributed by atoms with Crippen LogP contribution in [0.5, 0.6) is 5.75 Å². The lowest BCUT2D eigenvalue weighted by Gasteiger charge is -2.06. The average Bonchev–Trinajstić information content (AvgIpc) is 3.52. The van der Waals surface area contributed by atoms with Gasteiger partial charge in [-0.05, 0) is 60.7 Å². The van der Waals surface area contributed by atoms with Gasteiger partial charge in [-0.25, -0.2) is 4.98 Å². The number of hydrogen-bond donors (Lipinski definition) is 1. The molecule has 8 heteroatoms. The van der Waals surface area contributed by atoms with Crippen LogP contribution in [0.2, 0.25) is 0 Å². The third-order valence-electron chi connectivity index (χ3n) is 5.07. The first-order chi connectivity index (χ1) is 16.2. The van der Waals surface area contributed by atoms with E-state index >= 15 is 0 Å². The molecule has 0 saturated heterocycles. The van der Waals surface area contributed by atoms with Crippen molar-refractivity contribution in [2.45, 2.75) is 32.4 Å². The van der Waals surface area contributed by atoms with Gasteiger partial charge in [0, 0.05) is 24.4 Å². The molecule has 4 rings (SSSR count). The number of carbonyl (C=O) groups is 1. The van der Waals surface area contributed by atoms with Crippen LogP contribution in [0.1, 0.15) is 45.9 Å². The number of primary amides is 1. The van der Waals surface area contributed by atoms with E-state index in [2.05, 4.69) is 27.4 Å². The van der Waals surface area contributed by atoms with Crippen LogP contribution in [0.3, 0.4) is 0 Å². The van der Waals surface area contributed by atoms with Crippen molar-refractivity contribution in [3.05, 3.63) is 95.5 Å². The van der Waals surface area contributed by atoms with E-state index in [4.69, 9.17) is 14.9 Å². The van der Waals surface area contributed by atoms with Crippen molar-refractivity contribution in [3.63, 3.8) is 0 Å². The van der Waals surface area contributed by atoms with E-state index in [0.717, 1.165) is 37.1 Å². The summed E-state index contributed by atoms with van der Waals surface area (Å²) in [6.07, 6.45) is 11.9. The molecule has 2 aromatic heterocycles. The molecule has 168 valence electrons. The molecule has 4 aromatic rings. The normalized spacial score (nSPS) is 11.2. The van der Waals surface area contributed by atoms with Crippen molar-refractivity contribution in [2.75, 3.05) is 0 Å². The zero-order valence-corrected chi connectivity index (χ0v) is 18.1. The highest BCUT2D eigenvalue weighted by Crippen LogP contribution is 2.16. The summed E-state index contributed by atoms with van der Waals surface area (Å²) in [7, 11) is 0. The van der Waals surface area contributed by atoms with Gasteiger partial charge in [-0.1, -0.05) is 29.5 Å². The molecule has 0 saturated carbocycles. The fraction of sp³-hybridized carbons (Fsp3) is 0.200. The van der Waals surface area contributed by atoms with E-state index in [9.17, 15) is 4.79 Å². The van der Waals surface area contributed by atoms with Crippen molar-refractivity contribution < 1.29 is 13.9 Å². The van der Waals surface area contributed by atoms with Crippen molar-refractivity contribution >= 4 is 18.1 Å². The summed E-state index contributed by atoms with van der Waals surface area (Å²) in [6.45, 7) is 1.21. The summed E-state index contributed by atoms with van der Waals surface area (Å²) in [5.41, 5.74) is 8.61. The zero-order valence-electron chi connectivity index (χ0n) is 18.1. The summed E-state index contributed by atoms with van der Waals surface area (Å²) in [6, 6.07) is 15.1. The highest BCUT2D eigenvalue weighted by atomic mass is 16.5. The van der Waals surface area contributed by atoms with Crippen molar-refractivity contribution in [1.29, 1.82) is 0 Å². The summed E-state index contributed by atoms with van der Waals surface area (Å²) in [4.78, 5) is 15.5. The lowest BCUT2D eigenvalue weighted by atomic mass is 10.1. The lowest BCUT2D eigenvalue weighted by Crippen LogP contribution is -2.10. The number of aryl methyl sites for hydroxylation is 2. The molecular formula is C25H25N5O3. The standard InChI is InChI=1S/C25H25N5O3/c26-25(31)21-9-4-20(5-10-21)8-13-24-28-22(18-33-24)17-32-23-11-6-19(7-12-23)3-1-2-15-30-16-14-27-29-30/h4-14,16,18H,1-3,15,17H2,(H2,26,31)/b13-8+. The van der Waals surface area contributed by atoms with E-state index in [-0.39, 0.29) is 0 Å². The second-order valence-corrected chi connectivity index (χ2v) is 7.55. The highest BCUT2D eigenvalue weighted by Gasteiger charge is 2.04. The molecule has 0 aliphatic rings. The number of carbonyl (C=O) groups excluding carboxylic acids is 1. The maximum absolute atomic E-state index is 11.1. The number of aromatic nitrogens is 4. The number of benzene rings is 2. The van der Waals surface area contributed by atoms with Crippen LogP contribution < -0.4 is 10.5 Å². The summed E-state index contributed by atoms with van der Waals surface area (Å²) in [5.74, 6) is 0.821. The van der Waals surface area contributed by atoms with Gasteiger partial charge in [0.15, 0.2) is 0 Å². The van der Waals surface area contributed by atoms with Gasteiger partial charge in [0.05, 0.1) is 6.20 Å². The van der Waals surface area contributed by atoms with Crippen LogP contribution in [0.15, 0.2) is 71.6 Å². The van der Waals surface area contributed by atoms with E-state index in [1.54, 1.807) is 30.7 Å². The first kappa shape index (κ1) is 22.0. The largest absolute Gasteiger partial charge is 0.487 e. The molecule has 0 aliphatic carbocycles. The van der Waals surface area contributed by atoms with E-state index < -0.39 is 5.91 Å². The first-order valence-corrected chi connectivity index (χ1v) is 10.7. The minimum absolute atomic E-state index is 0.321. The Bertz CT molecular complexity index is 1180. The number of nitrogens with two attached hydrogens (primary N) is 1. The Balaban J connectivity index is 1.21. The Morgan fingerprint density at radius 1 is 1.06 bits per heavy atom. The van der Waals surface area contributed by atoms with Crippen LogP contribution >= 0.6 is 0 Å². The van der Waals surface area contributed by atoms with Gasteiger partial charge in [-0.2, -0.15) is 0 Å². The van der Waals surface area contributed by atoms with Gasteiger partial charge >= 0.3 is 0 Å². The Morgan fingerprint density at radius 2 is 1.88 bits per heavy atom. The van der Waals surface area contributed by atoms with Crippen molar-refractivity contribution in [2.24, 2.45) is 5.73 Å². The quantitative estimate of drug-likeness (QED) is 0.349. The number of amides is 1. The predicted molar refractivity (Wildman–Crippen MR) is 124 cm³/mol. The van der Waals surface area contributed by atoms with Gasteiger partial charge in [0.1, 0.15) is 24.3 Å². The zero-order chi connectivity index (χ0) is 22.9. The SMILES string of the molecule is NC(=O)c1ccc(/C=C/c2nc(COc3ccc(CCCCn4ccnn4)cc3)co2)cc1. The number of hydrogen-bond acceptors (Lipinski definition) is 6. The molecule has 0 radical (unpaired) electrons. The number of unbranched alkanes of at least 4 members (excludes halogenated alkanes) is 1. The third-order valence-corrected chi connectivity index (χ3v) is 5.07. The molecule has 0 unspecified atom stereocenters. The van der Waals surface area contributed by atoms with E-state index in [1.807, 2.05) is 41.2 Å². The molecule has 0 bridgehead atoms. The van der Waals surface area contributed by atoms with Crippen LogP contribution in [0, 0.1) is 0 Å². The van der Waals surface area contributed by atoms with Gasteiger partial charge in [0.25, 0.3) is 0 Å². The topological polar surface area (TPSA) is 109 Å². The molecule has 8 nitrogen and oxygen atoms in total. The fourth-order valence-corrected chi connectivity index (χ4v) is 3.26. The molecule has 1 amide bonds. The van der Waals surface area contributed by atoms with Crippen LogP contribution in [-0.4, -0.2) is 25.9 Å². The van der Waals surface area contributed by atoms with Gasteiger partial charge in [-0.15, -0.1) is 5.10 Å². The number of oxazole rings is 1. The second kappa shape index (κ2) is 10.9. The summed E-state index contributed by atoms with van der Waals surface area (Å²) >= 11 is 0. The van der Waals surface area contributed by atoms with Gasteiger partial charge < -0.3 is 14.9 Å².